The number of hydrogen-bond acceptors (Lipinski definition) is 2. The second-order valence-corrected chi connectivity index (χ2v) is 7.71. The van der Waals surface area contributed by atoms with Gasteiger partial charge in [0.2, 0.25) is 11.8 Å². The summed E-state index contributed by atoms with van der Waals surface area (Å²) in [6.07, 6.45) is 7.80. The number of nitrogens with one attached hydrogen (secondary N) is 1. The van der Waals surface area contributed by atoms with Crippen LogP contribution in [-0.4, -0.2) is 36.3 Å². The summed E-state index contributed by atoms with van der Waals surface area (Å²) in [4.78, 5) is 27.3. The van der Waals surface area contributed by atoms with Gasteiger partial charge in [0.1, 0.15) is 0 Å². The second-order valence-electron chi connectivity index (χ2n) is 7.71. The first-order valence-corrected chi connectivity index (χ1v) is 9.30. The molecule has 4 rings (SSSR count). The molecule has 1 aliphatic heterocycles. The van der Waals surface area contributed by atoms with Gasteiger partial charge >= 0.3 is 0 Å². The highest BCUT2D eigenvalue weighted by Gasteiger charge is 2.72. The fourth-order valence-corrected chi connectivity index (χ4v) is 5.09. The van der Waals surface area contributed by atoms with E-state index in [1.54, 1.807) is 0 Å². The number of nitrogens with zero attached hydrogens (tertiary/aromatic N) is 1. The summed E-state index contributed by atoms with van der Waals surface area (Å²) >= 11 is 0. The molecule has 1 aromatic rings. The molecule has 2 saturated carbocycles. The minimum atomic E-state index is -0.407. The van der Waals surface area contributed by atoms with Crippen LogP contribution >= 0.6 is 0 Å². The van der Waals surface area contributed by atoms with E-state index in [1.807, 2.05) is 23.1 Å². The third-order valence-corrected chi connectivity index (χ3v) is 6.46. The van der Waals surface area contributed by atoms with Crippen LogP contribution in [0.4, 0.5) is 0 Å². The van der Waals surface area contributed by atoms with E-state index in [0.29, 0.717) is 0 Å². The monoisotopic (exact) mass is 326 g/mol. The Labute approximate surface area is 143 Å². The minimum absolute atomic E-state index is 0.0585. The molecule has 3 fully saturated rings. The zero-order valence-electron chi connectivity index (χ0n) is 14.2. The molecule has 1 heterocycles. The third-order valence-electron chi connectivity index (χ3n) is 6.46. The van der Waals surface area contributed by atoms with Gasteiger partial charge in [-0.25, -0.2) is 0 Å². The first-order valence-electron chi connectivity index (χ1n) is 9.30. The molecule has 3 aliphatic rings. The van der Waals surface area contributed by atoms with Gasteiger partial charge in [0.25, 0.3) is 0 Å². The lowest BCUT2D eigenvalue weighted by atomic mass is 9.84. The third kappa shape index (κ3) is 2.35. The molecule has 1 N–H and O–H groups in total. The standard InChI is InChI=1S/C20H26N2O2/c23-17(22-12-6-7-13-22)14-21-18(24)20(16-8-2-1-3-9-16)15-19(20)10-4-5-11-19/h1-3,8-9H,4-7,10-15H2,(H,21,24). The van der Waals surface area contributed by atoms with Gasteiger partial charge in [0, 0.05) is 13.1 Å². The molecule has 1 spiro atoms. The summed E-state index contributed by atoms with van der Waals surface area (Å²) in [5, 5.41) is 2.98. The van der Waals surface area contributed by atoms with Crippen LogP contribution in [0.2, 0.25) is 0 Å². The van der Waals surface area contributed by atoms with Gasteiger partial charge in [-0.05, 0) is 43.1 Å². The van der Waals surface area contributed by atoms with Crippen LogP contribution in [-0.2, 0) is 15.0 Å². The Bertz CT molecular complexity index is 630. The van der Waals surface area contributed by atoms with E-state index in [9.17, 15) is 9.59 Å². The lowest BCUT2D eigenvalue weighted by Crippen LogP contribution is -2.44. The molecule has 4 nitrogen and oxygen atoms in total. The molecular formula is C20H26N2O2. The lowest BCUT2D eigenvalue weighted by molar-refractivity contribution is -0.133. The minimum Gasteiger partial charge on any atom is -0.346 e. The molecule has 2 amide bonds. The largest absolute Gasteiger partial charge is 0.346 e. The summed E-state index contributed by atoms with van der Waals surface area (Å²) in [6.45, 7) is 1.81. The molecule has 1 atom stereocenters. The van der Waals surface area contributed by atoms with Crippen LogP contribution in [0, 0.1) is 5.41 Å². The quantitative estimate of drug-likeness (QED) is 0.925. The molecule has 1 aromatic carbocycles. The van der Waals surface area contributed by atoms with Crippen molar-refractivity contribution in [1.82, 2.24) is 10.2 Å². The number of rotatable bonds is 4. The number of benzene rings is 1. The Morgan fingerprint density at radius 1 is 1.00 bits per heavy atom. The van der Waals surface area contributed by atoms with E-state index >= 15 is 0 Å². The Balaban J connectivity index is 1.50. The second kappa shape index (κ2) is 5.91. The highest BCUT2D eigenvalue weighted by molar-refractivity contribution is 5.95. The molecule has 1 unspecified atom stereocenters. The summed E-state index contributed by atoms with van der Waals surface area (Å²) in [6, 6.07) is 10.2. The van der Waals surface area contributed by atoms with Crippen LogP contribution in [0.15, 0.2) is 30.3 Å². The first kappa shape index (κ1) is 15.7. The molecule has 4 heteroatoms. The van der Waals surface area contributed by atoms with Gasteiger partial charge in [-0.2, -0.15) is 0 Å². The maximum atomic E-state index is 13.1. The Hall–Kier alpha value is -1.84. The van der Waals surface area contributed by atoms with Crippen molar-refractivity contribution in [2.45, 2.75) is 50.4 Å². The number of amides is 2. The topological polar surface area (TPSA) is 49.4 Å². The summed E-state index contributed by atoms with van der Waals surface area (Å²) in [5.74, 6) is 0.119. The van der Waals surface area contributed by atoms with Crippen molar-refractivity contribution in [2.75, 3.05) is 19.6 Å². The predicted molar refractivity (Wildman–Crippen MR) is 92.5 cm³/mol. The number of likely N-dealkylation sites (tertiary alicyclic amines) is 1. The van der Waals surface area contributed by atoms with Gasteiger partial charge in [-0.3, -0.25) is 9.59 Å². The van der Waals surface area contributed by atoms with Gasteiger partial charge in [0.05, 0.1) is 12.0 Å². The summed E-state index contributed by atoms with van der Waals surface area (Å²) in [7, 11) is 0. The highest BCUT2D eigenvalue weighted by Crippen LogP contribution is 2.72. The molecule has 2 aliphatic carbocycles. The SMILES string of the molecule is O=C(CNC(=O)C1(c2ccccc2)CC12CCCC2)N1CCCC1. The van der Waals surface area contributed by atoms with E-state index < -0.39 is 5.41 Å². The molecule has 0 bridgehead atoms. The molecular weight excluding hydrogens is 300 g/mol. The molecule has 0 aromatic heterocycles. The van der Waals surface area contributed by atoms with Crippen molar-refractivity contribution in [3.05, 3.63) is 35.9 Å². The molecule has 0 radical (unpaired) electrons. The number of hydrogen-bond donors (Lipinski definition) is 1. The predicted octanol–water partition coefficient (Wildman–Crippen LogP) is 2.63. The lowest BCUT2D eigenvalue weighted by Gasteiger charge is -2.23. The Morgan fingerprint density at radius 2 is 1.67 bits per heavy atom. The van der Waals surface area contributed by atoms with Crippen molar-refractivity contribution >= 4 is 11.8 Å². The van der Waals surface area contributed by atoms with Crippen LogP contribution in [0.1, 0.15) is 50.5 Å². The van der Waals surface area contributed by atoms with Crippen LogP contribution in [0.25, 0.3) is 0 Å². The average molecular weight is 326 g/mol. The van der Waals surface area contributed by atoms with Crippen molar-refractivity contribution in [3.63, 3.8) is 0 Å². The fourth-order valence-electron chi connectivity index (χ4n) is 5.09. The Kier molecular flexibility index (Phi) is 3.86. The highest BCUT2D eigenvalue weighted by atomic mass is 16.2. The van der Waals surface area contributed by atoms with Crippen molar-refractivity contribution < 1.29 is 9.59 Å². The summed E-state index contributed by atoms with van der Waals surface area (Å²) in [5.41, 5.74) is 0.851. The normalized spacial score (nSPS) is 27.4. The van der Waals surface area contributed by atoms with Crippen molar-refractivity contribution in [1.29, 1.82) is 0 Å². The number of carbonyl (C=O) groups excluding carboxylic acids is 2. The number of carbonyl (C=O) groups is 2. The van der Waals surface area contributed by atoms with Gasteiger partial charge < -0.3 is 10.2 Å². The maximum absolute atomic E-state index is 13.1. The van der Waals surface area contributed by atoms with E-state index in [4.69, 9.17) is 0 Å². The van der Waals surface area contributed by atoms with E-state index in [1.165, 1.54) is 12.8 Å². The van der Waals surface area contributed by atoms with Crippen molar-refractivity contribution in [2.24, 2.45) is 5.41 Å². The van der Waals surface area contributed by atoms with E-state index in [-0.39, 0.29) is 23.8 Å². The fraction of sp³-hybridized carbons (Fsp3) is 0.600. The molecule has 1 saturated heterocycles. The van der Waals surface area contributed by atoms with E-state index in [0.717, 1.165) is 50.8 Å². The van der Waals surface area contributed by atoms with Crippen LogP contribution in [0.3, 0.4) is 0 Å². The Morgan fingerprint density at radius 3 is 2.33 bits per heavy atom. The smallest absolute Gasteiger partial charge is 0.241 e. The zero-order chi connectivity index (χ0) is 16.6. The van der Waals surface area contributed by atoms with Gasteiger partial charge in [-0.15, -0.1) is 0 Å². The van der Waals surface area contributed by atoms with Crippen molar-refractivity contribution in [3.8, 4) is 0 Å². The van der Waals surface area contributed by atoms with E-state index in [2.05, 4.69) is 17.4 Å². The maximum Gasteiger partial charge on any atom is 0.241 e. The zero-order valence-corrected chi connectivity index (χ0v) is 14.2. The molecule has 24 heavy (non-hydrogen) atoms. The van der Waals surface area contributed by atoms with Crippen LogP contribution < -0.4 is 5.32 Å². The average Bonchev–Trinajstić information content (AvgIpc) is 3.00. The molecule has 128 valence electrons. The van der Waals surface area contributed by atoms with Gasteiger partial charge in [-0.1, -0.05) is 43.2 Å². The van der Waals surface area contributed by atoms with Crippen LogP contribution in [0.5, 0.6) is 0 Å². The summed E-state index contributed by atoms with van der Waals surface area (Å²) < 4.78 is 0. The first-order chi connectivity index (χ1) is 11.7. The van der Waals surface area contributed by atoms with Gasteiger partial charge in [0.15, 0.2) is 0 Å².